The fourth-order valence-corrected chi connectivity index (χ4v) is 3.34. The van der Waals surface area contributed by atoms with E-state index >= 15 is 0 Å². The lowest BCUT2D eigenvalue weighted by Gasteiger charge is -2.24. The lowest BCUT2D eigenvalue weighted by atomic mass is 9.93. The first-order valence-corrected chi connectivity index (χ1v) is 8.80. The van der Waals surface area contributed by atoms with Gasteiger partial charge in [0.2, 0.25) is 0 Å². The number of rotatable bonds is 7. The van der Waals surface area contributed by atoms with E-state index < -0.39 is 0 Å². The molecule has 3 rings (SSSR count). The zero-order valence-corrected chi connectivity index (χ0v) is 15.2. The number of nitrogens with one attached hydrogen (secondary N) is 1. The molecule has 5 heteroatoms. The summed E-state index contributed by atoms with van der Waals surface area (Å²) in [5.74, 6) is 3.23. The van der Waals surface area contributed by atoms with E-state index in [0.717, 1.165) is 35.9 Å². The summed E-state index contributed by atoms with van der Waals surface area (Å²) in [5.41, 5.74) is 1.09. The number of imidazole rings is 1. The maximum atomic E-state index is 5.45. The lowest BCUT2D eigenvalue weighted by molar-refractivity contribution is 0.388. The van der Waals surface area contributed by atoms with Crippen molar-refractivity contribution < 1.29 is 9.47 Å². The van der Waals surface area contributed by atoms with Gasteiger partial charge in [-0.2, -0.15) is 0 Å². The summed E-state index contributed by atoms with van der Waals surface area (Å²) >= 11 is 0. The minimum Gasteiger partial charge on any atom is -0.497 e. The van der Waals surface area contributed by atoms with Crippen LogP contribution in [-0.2, 0) is 7.05 Å². The summed E-state index contributed by atoms with van der Waals surface area (Å²) < 4.78 is 13.0. The van der Waals surface area contributed by atoms with E-state index in [0.29, 0.717) is 5.92 Å². The third-order valence-electron chi connectivity index (χ3n) is 4.81. The monoisotopic (exact) mass is 341 g/mol. The Hall–Kier alpha value is -2.27. The number of nitrogens with zero attached hydrogens (tertiary/aromatic N) is 2. The van der Waals surface area contributed by atoms with Crippen LogP contribution < -0.4 is 14.8 Å². The molecule has 0 saturated carbocycles. The Labute approximate surface area is 149 Å². The Morgan fingerprint density at radius 3 is 2.52 bits per heavy atom. The molecular formula is C20H27N3O2. The van der Waals surface area contributed by atoms with Crippen LogP contribution in [0.1, 0.15) is 36.7 Å². The summed E-state index contributed by atoms with van der Waals surface area (Å²) in [7, 11) is 5.38. The standard InChI is InChI=1S/C20H27N3O2/c1-23-10-9-21-20(23)19(22-14-15-7-5-4-6-8-15)16-11-17(24-2)13-18(12-16)25-3/h4-5,9-13,15,19,22H,6-8,14H2,1-3H3. The molecule has 2 unspecified atom stereocenters. The fraction of sp³-hybridized carbons (Fsp3) is 0.450. The van der Waals surface area contributed by atoms with Crippen molar-refractivity contribution in [3.05, 3.63) is 54.1 Å². The second-order valence-corrected chi connectivity index (χ2v) is 6.53. The first-order valence-electron chi connectivity index (χ1n) is 8.80. The van der Waals surface area contributed by atoms with Gasteiger partial charge in [0.05, 0.1) is 20.3 Å². The normalized spacial score (nSPS) is 18.1. The molecule has 0 aliphatic heterocycles. The van der Waals surface area contributed by atoms with Crippen molar-refractivity contribution in [3.63, 3.8) is 0 Å². The van der Waals surface area contributed by atoms with E-state index in [-0.39, 0.29) is 6.04 Å². The predicted octanol–water partition coefficient (Wildman–Crippen LogP) is 3.47. The van der Waals surface area contributed by atoms with Gasteiger partial charge in [0.1, 0.15) is 17.3 Å². The average molecular weight is 341 g/mol. The van der Waals surface area contributed by atoms with Crippen LogP contribution in [0.5, 0.6) is 11.5 Å². The topological polar surface area (TPSA) is 48.3 Å². The molecule has 1 aliphatic carbocycles. The molecule has 0 saturated heterocycles. The Morgan fingerprint density at radius 1 is 1.20 bits per heavy atom. The maximum Gasteiger partial charge on any atom is 0.130 e. The molecule has 0 spiro atoms. The number of aromatic nitrogens is 2. The summed E-state index contributed by atoms with van der Waals surface area (Å²) in [5, 5.41) is 3.72. The van der Waals surface area contributed by atoms with E-state index in [1.54, 1.807) is 14.2 Å². The molecule has 0 radical (unpaired) electrons. The molecule has 1 aromatic carbocycles. The van der Waals surface area contributed by atoms with E-state index in [9.17, 15) is 0 Å². The zero-order valence-electron chi connectivity index (χ0n) is 15.2. The van der Waals surface area contributed by atoms with Crippen molar-refractivity contribution in [1.82, 2.24) is 14.9 Å². The van der Waals surface area contributed by atoms with Crippen LogP contribution in [-0.4, -0.2) is 30.3 Å². The largest absolute Gasteiger partial charge is 0.497 e. The number of benzene rings is 1. The fourth-order valence-electron chi connectivity index (χ4n) is 3.34. The molecule has 1 aliphatic rings. The van der Waals surface area contributed by atoms with Gasteiger partial charge in [-0.3, -0.25) is 0 Å². The van der Waals surface area contributed by atoms with Crippen LogP contribution in [0.4, 0.5) is 0 Å². The van der Waals surface area contributed by atoms with Gasteiger partial charge < -0.3 is 19.4 Å². The van der Waals surface area contributed by atoms with Crippen molar-refractivity contribution in [2.75, 3.05) is 20.8 Å². The molecule has 0 fully saturated rings. The van der Waals surface area contributed by atoms with Gasteiger partial charge in [0.15, 0.2) is 0 Å². The van der Waals surface area contributed by atoms with Gasteiger partial charge in [-0.15, -0.1) is 0 Å². The SMILES string of the molecule is COc1cc(OC)cc(C(NCC2CC=CCC2)c2nccn2C)c1. The van der Waals surface area contributed by atoms with Crippen molar-refractivity contribution in [2.24, 2.45) is 13.0 Å². The van der Waals surface area contributed by atoms with Gasteiger partial charge in [-0.25, -0.2) is 4.98 Å². The van der Waals surface area contributed by atoms with Crippen molar-refractivity contribution >= 4 is 0 Å². The highest BCUT2D eigenvalue weighted by Gasteiger charge is 2.21. The van der Waals surface area contributed by atoms with Gasteiger partial charge in [-0.1, -0.05) is 12.2 Å². The average Bonchev–Trinajstić information content (AvgIpc) is 3.08. The number of allylic oxidation sites excluding steroid dienone is 2. The molecule has 0 bridgehead atoms. The van der Waals surface area contributed by atoms with Gasteiger partial charge in [0.25, 0.3) is 0 Å². The molecule has 1 aromatic heterocycles. The van der Waals surface area contributed by atoms with Crippen molar-refractivity contribution in [3.8, 4) is 11.5 Å². The first kappa shape index (κ1) is 17.5. The third-order valence-corrected chi connectivity index (χ3v) is 4.81. The predicted molar refractivity (Wildman–Crippen MR) is 99.1 cm³/mol. The Balaban J connectivity index is 1.88. The van der Waals surface area contributed by atoms with Gasteiger partial charge >= 0.3 is 0 Å². The molecule has 25 heavy (non-hydrogen) atoms. The molecule has 2 aromatic rings. The minimum absolute atomic E-state index is 0.00472. The zero-order chi connectivity index (χ0) is 17.6. The highest BCUT2D eigenvalue weighted by molar-refractivity contribution is 5.41. The lowest BCUT2D eigenvalue weighted by Crippen LogP contribution is -2.30. The van der Waals surface area contributed by atoms with Crippen LogP contribution in [0.3, 0.4) is 0 Å². The smallest absolute Gasteiger partial charge is 0.130 e. The second-order valence-electron chi connectivity index (χ2n) is 6.53. The van der Waals surface area contributed by atoms with E-state index in [2.05, 4.69) is 39.2 Å². The maximum absolute atomic E-state index is 5.45. The van der Waals surface area contributed by atoms with Crippen LogP contribution in [0.2, 0.25) is 0 Å². The Morgan fingerprint density at radius 2 is 1.96 bits per heavy atom. The molecule has 2 atom stereocenters. The van der Waals surface area contributed by atoms with Crippen LogP contribution >= 0.6 is 0 Å². The van der Waals surface area contributed by atoms with Crippen LogP contribution in [0.25, 0.3) is 0 Å². The van der Waals surface area contributed by atoms with Crippen LogP contribution in [0, 0.1) is 5.92 Å². The number of hydrogen-bond acceptors (Lipinski definition) is 4. The van der Waals surface area contributed by atoms with Crippen molar-refractivity contribution in [2.45, 2.75) is 25.3 Å². The summed E-state index contributed by atoms with van der Waals surface area (Å²) in [6.07, 6.45) is 11.9. The molecule has 0 amide bonds. The van der Waals surface area contributed by atoms with E-state index in [1.165, 1.54) is 12.8 Å². The van der Waals surface area contributed by atoms with E-state index in [1.807, 2.05) is 25.5 Å². The van der Waals surface area contributed by atoms with Crippen LogP contribution in [0.15, 0.2) is 42.7 Å². The quantitative estimate of drug-likeness (QED) is 0.784. The molecular weight excluding hydrogens is 314 g/mol. The molecule has 1 heterocycles. The number of methoxy groups -OCH3 is 2. The second kappa shape index (κ2) is 8.21. The summed E-state index contributed by atoms with van der Waals surface area (Å²) in [6.45, 7) is 0.960. The van der Waals surface area contributed by atoms with E-state index in [4.69, 9.17) is 9.47 Å². The Bertz CT molecular complexity index is 701. The molecule has 1 N–H and O–H groups in total. The third kappa shape index (κ3) is 4.23. The number of ether oxygens (including phenoxy) is 2. The highest BCUT2D eigenvalue weighted by Crippen LogP contribution is 2.30. The first-order chi connectivity index (χ1) is 12.2. The minimum atomic E-state index is -0.00472. The number of hydrogen-bond donors (Lipinski definition) is 1. The molecule has 134 valence electrons. The van der Waals surface area contributed by atoms with Gasteiger partial charge in [0, 0.05) is 25.5 Å². The summed E-state index contributed by atoms with van der Waals surface area (Å²) in [6, 6.07) is 5.99. The summed E-state index contributed by atoms with van der Waals surface area (Å²) in [4.78, 5) is 4.57. The highest BCUT2D eigenvalue weighted by atomic mass is 16.5. The van der Waals surface area contributed by atoms with Crippen molar-refractivity contribution in [1.29, 1.82) is 0 Å². The van der Waals surface area contributed by atoms with Gasteiger partial charge in [-0.05, 0) is 49.4 Å². The number of aryl methyl sites for hydroxylation is 1. The molecule has 5 nitrogen and oxygen atoms in total. The Kier molecular flexibility index (Phi) is 5.76.